The van der Waals surface area contributed by atoms with E-state index >= 15 is 0 Å². The predicted octanol–water partition coefficient (Wildman–Crippen LogP) is 3.59. The molecular weight excluding hydrogens is 350 g/mol. The normalized spacial score (nSPS) is 17.3. The molecule has 1 amide bonds. The molecule has 0 aliphatic carbocycles. The quantitative estimate of drug-likeness (QED) is 0.576. The monoisotopic (exact) mass is 371 g/mol. The zero-order valence-electron chi connectivity index (χ0n) is 15.4. The van der Waals surface area contributed by atoms with Crippen molar-refractivity contribution in [3.05, 3.63) is 66.0 Å². The number of hydrogen-bond donors (Lipinski definition) is 2. The van der Waals surface area contributed by atoms with Crippen molar-refractivity contribution in [2.75, 3.05) is 18.0 Å². The molecule has 0 saturated carbocycles. The topological polar surface area (TPSA) is 87.9 Å². The highest BCUT2D eigenvalue weighted by molar-refractivity contribution is 6.06. The maximum absolute atomic E-state index is 12.0. The van der Waals surface area contributed by atoms with Gasteiger partial charge in [-0.2, -0.15) is 0 Å². The van der Waals surface area contributed by atoms with E-state index in [4.69, 9.17) is 15.7 Å². The van der Waals surface area contributed by atoms with Crippen LogP contribution in [0.2, 0.25) is 0 Å². The van der Waals surface area contributed by atoms with E-state index in [0.717, 1.165) is 59.5 Å². The molecule has 3 heterocycles. The third kappa shape index (κ3) is 2.87. The zero-order valence-corrected chi connectivity index (χ0v) is 15.4. The second-order valence-electron chi connectivity index (χ2n) is 7.33. The van der Waals surface area contributed by atoms with E-state index in [1.54, 1.807) is 0 Å². The van der Waals surface area contributed by atoms with Gasteiger partial charge >= 0.3 is 0 Å². The molecule has 2 aromatic heterocycles. The molecule has 0 radical (unpaired) electrons. The van der Waals surface area contributed by atoms with Gasteiger partial charge in [0.1, 0.15) is 11.6 Å². The molecule has 0 bridgehead atoms. The van der Waals surface area contributed by atoms with Crippen LogP contribution in [0.3, 0.4) is 0 Å². The average Bonchev–Trinajstić information content (AvgIpc) is 3.17. The van der Waals surface area contributed by atoms with Gasteiger partial charge in [-0.1, -0.05) is 30.3 Å². The van der Waals surface area contributed by atoms with Crippen LogP contribution in [0.4, 0.5) is 5.82 Å². The first-order valence-corrected chi connectivity index (χ1v) is 9.58. The van der Waals surface area contributed by atoms with Crippen LogP contribution in [0.15, 0.2) is 54.6 Å². The van der Waals surface area contributed by atoms with Crippen LogP contribution < -0.4 is 10.6 Å². The number of benzene rings is 2. The lowest BCUT2D eigenvalue weighted by Crippen LogP contribution is -2.35. The van der Waals surface area contributed by atoms with Crippen molar-refractivity contribution in [2.45, 2.75) is 18.8 Å². The Morgan fingerprint density at radius 3 is 2.68 bits per heavy atom. The number of carbonyl (C=O) groups is 1. The van der Waals surface area contributed by atoms with E-state index < -0.39 is 5.91 Å². The average molecular weight is 371 g/mol. The van der Waals surface area contributed by atoms with Crippen LogP contribution in [0, 0.1) is 0 Å². The number of pyridine rings is 1. The first kappa shape index (κ1) is 16.7. The van der Waals surface area contributed by atoms with Crippen LogP contribution >= 0.6 is 0 Å². The number of para-hydroxylation sites is 3. The van der Waals surface area contributed by atoms with Gasteiger partial charge in [0, 0.05) is 24.4 Å². The number of aromatic amines is 1. The van der Waals surface area contributed by atoms with E-state index in [1.807, 2.05) is 48.5 Å². The minimum atomic E-state index is -0.425. The molecule has 1 atom stereocenters. The number of H-pyrrole nitrogens is 1. The molecule has 4 aromatic rings. The lowest BCUT2D eigenvalue weighted by Gasteiger charge is -2.33. The molecule has 140 valence electrons. The highest BCUT2D eigenvalue weighted by atomic mass is 16.1. The smallest absolute Gasteiger partial charge is 0.249 e. The van der Waals surface area contributed by atoms with Gasteiger partial charge < -0.3 is 15.6 Å². The molecule has 3 N–H and O–H groups in total. The molecule has 1 fully saturated rings. The number of carbonyl (C=O) groups excluding carboxylic acids is 1. The Bertz CT molecular complexity index is 1150. The van der Waals surface area contributed by atoms with Crippen LogP contribution in [-0.4, -0.2) is 33.9 Å². The van der Waals surface area contributed by atoms with Gasteiger partial charge in [-0.25, -0.2) is 9.97 Å². The molecule has 28 heavy (non-hydrogen) atoms. The van der Waals surface area contributed by atoms with E-state index in [1.165, 1.54) is 0 Å². The number of fused-ring (bicyclic) bond motifs is 2. The fourth-order valence-electron chi connectivity index (χ4n) is 4.10. The number of amides is 1. The Morgan fingerprint density at radius 1 is 1.07 bits per heavy atom. The highest BCUT2D eigenvalue weighted by Gasteiger charge is 2.25. The Labute approximate surface area is 162 Å². The molecule has 1 saturated heterocycles. The van der Waals surface area contributed by atoms with Crippen LogP contribution in [0.1, 0.15) is 34.9 Å². The number of primary amides is 1. The van der Waals surface area contributed by atoms with Gasteiger partial charge in [0.05, 0.1) is 22.1 Å². The third-order valence-corrected chi connectivity index (χ3v) is 5.51. The zero-order chi connectivity index (χ0) is 19.1. The fraction of sp³-hybridized carbons (Fsp3) is 0.227. The number of nitrogens with zero attached hydrogens (tertiary/aromatic N) is 3. The highest BCUT2D eigenvalue weighted by Crippen LogP contribution is 2.31. The number of aromatic nitrogens is 3. The summed E-state index contributed by atoms with van der Waals surface area (Å²) in [5.41, 5.74) is 9.01. The lowest BCUT2D eigenvalue weighted by molar-refractivity contribution is 0.100. The molecule has 5 rings (SSSR count). The largest absolute Gasteiger partial charge is 0.366 e. The second kappa shape index (κ2) is 6.64. The summed E-state index contributed by atoms with van der Waals surface area (Å²) in [5, 5.41) is 0.796. The summed E-state index contributed by atoms with van der Waals surface area (Å²) in [6, 6.07) is 17.6. The summed E-state index contributed by atoms with van der Waals surface area (Å²) in [7, 11) is 0. The van der Waals surface area contributed by atoms with Crippen molar-refractivity contribution in [1.29, 1.82) is 0 Å². The lowest BCUT2D eigenvalue weighted by atomic mass is 9.97. The summed E-state index contributed by atoms with van der Waals surface area (Å²) in [6.45, 7) is 1.71. The molecule has 1 unspecified atom stereocenters. The Kier molecular flexibility index (Phi) is 3.97. The molecule has 6 nitrogen and oxygen atoms in total. The van der Waals surface area contributed by atoms with Crippen molar-refractivity contribution in [3.63, 3.8) is 0 Å². The fourth-order valence-corrected chi connectivity index (χ4v) is 4.10. The number of imidazole rings is 1. The number of nitrogens with one attached hydrogen (secondary N) is 1. The van der Waals surface area contributed by atoms with Gasteiger partial charge in [0.2, 0.25) is 5.91 Å². The summed E-state index contributed by atoms with van der Waals surface area (Å²) >= 11 is 0. The third-order valence-electron chi connectivity index (χ3n) is 5.51. The van der Waals surface area contributed by atoms with Gasteiger partial charge in [0.15, 0.2) is 0 Å². The molecular formula is C22H21N5O. The van der Waals surface area contributed by atoms with Crippen molar-refractivity contribution < 1.29 is 4.79 Å². The van der Waals surface area contributed by atoms with Crippen molar-refractivity contribution >= 4 is 33.7 Å². The number of anilines is 1. The number of piperidine rings is 1. The standard InChI is InChI=1S/C22H21N5O/c23-21(28)16-12-20(24-17-8-2-1-7-15(16)17)27-11-5-6-14(13-27)22-25-18-9-3-4-10-19(18)26-22/h1-4,7-10,12,14H,5-6,11,13H2,(H2,23,28)(H,25,26). The van der Waals surface area contributed by atoms with Crippen LogP contribution in [-0.2, 0) is 0 Å². The minimum absolute atomic E-state index is 0.298. The number of nitrogens with two attached hydrogens (primary N) is 1. The van der Waals surface area contributed by atoms with Gasteiger partial charge in [-0.05, 0) is 37.1 Å². The first-order chi connectivity index (χ1) is 13.7. The Balaban J connectivity index is 1.50. The van der Waals surface area contributed by atoms with Gasteiger partial charge in [-0.3, -0.25) is 4.79 Å². The van der Waals surface area contributed by atoms with Crippen molar-refractivity contribution in [3.8, 4) is 0 Å². The summed E-state index contributed by atoms with van der Waals surface area (Å²) in [4.78, 5) is 27.3. The summed E-state index contributed by atoms with van der Waals surface area (Å²) in [5.74, 6) is 1.69. The minimum Gasteiger partial charge on any atom is -0.366 e. The van der Waals surface area contributed by atoms with Crippen LogP contribution in [0.5, 0.6) is 0 Å². The van der Waals surface area contributed by atoms with E-state index in [0.29, 0.717) is 11.5 Å². The molecule has 6 heteroatoms. The van der Waals surface area contributed by atoms with E-state index in [9.17, 15) is 4.79 Å². The first-order valence-electron chi connectivity index (χ1n) is 9.58. The molecule has 2 aromatic carbocycles. The number of hydrogen-bond acceptors (Lipinski definition) is 4. The molecule has 0 spiro atoms. The van der Waals surface area contributed by atoms with Crippen LogP contribution in [0.25, 0.3) is 21.9 Å². The summed E-state index contributed by atoms with van der Waals surface area (Å²) < 4.78 is 0. The maximum atomic E-state index is 12.0. The summed E-state index contributed by atoms with van der Waals surface area (Å²) in [6.07, 6.45) is 2.12. The van der Waals surface area contributed by atoms with Crippen molar-refractivity contribution in [1.82, 2.24) is 15.0 Å². The second-order valence-corrected chi connectivity index (χ2v) is 7.33. The maximum Gasteiger partial charge on any atom is 0.249 e. The van der Waals surface area contributed by atoms with Crippen molar-refractivity contribution in [2.24, 2.45) is 5.73 Å². The van der Waals surface area contributed by atoms with E-state index in [2.05, 4.69) is 16.0 Å². The molecule has 1 aliphatic rings. The number of rotatable bonds is 3. The van der Waals surface area contributed by atoms with Gasteiger partial charge in [-0.15, -0.1) is 0 Å². The Hall–Kier alpha value is -3.41. The molecule has 1 aliphatic heterocycles. The van der Waals surface area contributed by atoms with E-state index in [-0.39, 0.29) is 0 Å². The van der Waals surface area contributed by atoms with Gasteiger partial charge in [0.25, 0.3) is 0 Å². The Morgan fingerprint density at radius 2 is 1.86 bits per heavy atom. The predicted molar refractivity (Wildman–Crippen MR) is 111 cm³/mol. The SMILES string of the molecule is NC(=O)c1cc(N2CCCC(c3nc4ccccc4[nH]3)C2)nc2ccccc12.